The van der Waals surface area contributed by atoms with Crippen molar-refractivity contribution in [3.05, 3.63) is 23.8 Å². The highest BCUT2D eigenvalue weighted by Gasteiger charge is 2.03. The third-order valence-electron chi connectivity index (χ3n) is 1.77. The van der Waals surface area contributed by atoms with Crippen LogP contribution < -0.4 is 15.2 Å². The Kier molecular flexibility index (Phi) is 6.35. The highest BCUT2D eigenvalue weighted by atomic mass is 35.5. The maximum atomic E-state index is 5.49. The van der Waals surface area contributed by atoms with Crippen LogP contribution in [0.25, 0.3) is 0 Å². The molecule has 0 aliphatic carbocycles. The van der Waals surface area contributed by atoms with Crippen LogP contribution in [0.4, 0.5) is 0 Å². The molecule has 0 radical (unpaired) electrons. The lowest BCUT2D eigenvalue weighted by Crippen LogP contribution is -2.00. The summed E-state index contributed by atoms with van der Waals surface area (Å²) in [7, 11) is 1.58. The summed E-state index contributed by atoms with van der Waals surface area (Å²) in [6.07, 6.45) is 5.09. The minimum Gasteiger partial charge on any atom is -0.493 e. The SMILES string of the molecule is C#CCOc1ccc(CN)cc1OC.Cl. The highest BCUT2D eigenvalue weighted by Crippen LogP contribution is 2.27. The second-order valence-corrected chi connectivity index (χ2v) is 2.68. The molecule has 82 valence electrons. The molecule has 1 rings (SSSR count). The van der Waals surface area contributed by atoms with E-state index in [2.05, 4.69) is 5.92 Å². The lowest BCUT2D eigenvalue weighted by atomic mass is 10.2. The molecular formula is C11H14ClNO2. The van der Waals surface area contributed by atoms with Crippen LogP contribution in [0.1, 0.15) is 5.56 Å². The summed E-state index contributed by atoms with van der Waals surface area (Å²) < 4.78 is 10.4. The Morgan fingerprint density at radius 2 is 2.13 bits per heavy atom. The minimum atomic E-state index is 0. The number of nitrogens with two attached hydrogens (primary N) is 1. The summed E-state index contributed by atoms with van der Waals surface area (Å²) in [5.74, 6) is 3.69. The Balaban J connectivity index is 0.00000196. The van der Waals surface area contributed by atoms with Crippen LogP contribution in [0.2, 0.25) is 0 Å². The molecule has 0 saturated heterocycles. The predicted molar refractivity (Wildman–Crippen MR) is 62.5 cm³/mol. The van der Waals surface area contributed by atoms with Gasteiger partial charge in [-0.2, -0.15) is 0 Å². The van der Waals surface area contributed by atoms with Gasteiger partial charge in [0.15, 0.2) is 11.5 Å². The van der Waals surface area contributed by atoms with Crippen LogP contribution in [0.15, 0.2) is 18.2 Å². The molecule has 0 aliphatic rings. The molecule has 0 atom stereocenters. The number of methoxy groups -OCH3 is 1. The van der Waals surface area contributed by atoms with Gasteiger partial charge in [-0.3, -0.25) is 0 Å². The Morgan fingerprint density at radius 1 is 1.40 bits per heavy atom. The van der Waals surface area contributed by atoms with E-state index in [0.29, 0.717) is 18.0 Å². The van der Waals surface area contributed by atoms with Crippen molar-refractivity contribution in [2.24, 2.45) is 5.73 Å². The fraction of sp³-hybridized carbons (Fsp3) is 0.273. The van der Waals surface area contributed by atoms with E-state index >= 15 is 0 Å². The molecular weight excluding hydrogens is 214 g/mol. The maximum Gasteiger partial charge on any atom is 0.162 e. The number of ether oxygens (including phenoxy) is 2. The van der Waals surface area contributed by atoms with Crippen LogP contribution in [-0.2, 0) is 6.54 Å². The fourth-order valence-electron chi connectivity index (χ4n) is 1.08. The number of hydrogen-bond donors (Lipinski definition) is 1. The van der Waals surface area contributed by atoms with E-state index in [4.69, 9.17) is 21.6 Å². The first-order valence-electron chi connectivity index (χ1n) is 4.25. The van der Waals surface area contributed by atoms with Gasteiger partial charge in [-0.1, -0.05) is 12.0 Å². The van der Waals surface area contributed by atoms with Gasteiger partial charge in [0.1, 0.15) is 6.61 Å². The average molecular weight is 228 g/mol. The first kappa shape index (κ1) is 13.6. The molecule has 0 amide bonds. The van der Waals surface area contributed by atoms with Crippen LogP contribution in [0.5, 0.6) is 11.5 Å². The molecule has 0 heterocycles. The smallest absolute Gasteiger partial charge is 0.162 e. The zero-order valence-electron chi connectivity index (χ0n) is 8.53. The highest BCUT2D eigenvalue weighted by molar-refractivity contribution is 5.85. The number of terminal acetylenes is 1. The van der Waals surface area contributed by atoms with E-state index in [-0.39, 0.29) is 19.0 Å². The first-order valence-corrected chi connectivity index (χ1v) is 4.25. The van der Waals surface area contributed by atoms with Crippen molar-refractivity contribution in [3.63, 3.8) is 0 Å². The summed E-state index contributed by atoms with van der Waals surface area (Å²) in [6, 6.07) is 5.53. The van der Waals surface area contributed by atoms with Gasteiger partial charge in [-0.15, -0.1) is 18.8 Å². The number of halogens is 1. The largest absolute Gasteiger partial charge is 0.493 e. The molecule has 15 heavy (non-hydrogen) atoms. The van der Waals surface area contributed by atoms with Crippen molar-refractivity contribution in [2.75, 3.05) is 13.7 Å². The van der Waals surface area contributed by atoms with Crippen LogP contribution in [0.3, 0.4) is 0 Å². The van der Waals surface area contributed by atoms with Crippen LogP contribution in [-0.4, -0.2) is 13.7 Å². The van der Waals surface area contributed by atoms with Crippen molar-refractivity contribution in [3.8, 4) is 23.8 Å². The lowest BCUT2D eigenvalue weighted by Gasteiger charge is -2.09. The molecule has 0 fully saturated rings. The summed E-state index contributed by atoms with van der Waals surface area (Å²) in [5, 5.41) is 0. The van der Waals surface area contributed by atoms with Gasteiger partial charge in [-0.25, -0.2) is 0 Å². The standard InChI is InChI=1S/C11H13NO2.ClH/c1-3-6-14-10-5-4-9(8-12)7-11(10)13-2;/h1,4-5,7H,6,8,12H2,2H3;1H. The van der Waals surface area contributed by atoms with E-state index in [0.717, 1.165) is 5.56 Å². The number of benzene rings is 1. The van der Waals surface area contributed by atoms with E-state index in [9.17, 15) is 0 Å². The summed E-state index contributed by atoms with van der Waals surface area (Å²) in [4.78, 5) is 0. The number of rotatable bonds is 4. The van der Waals surface area contributed by atoms with Gasteiger partial charge in [-0.05, 0) is 17.7 Å². The molecule has 3 nitrogen and oxygen atoms in total. The zero-order valence-corrected chi connectivity index (χ0v) is 9.34. The molecule has 0 spiro atoms. The Morgan fingerprint density at radius 3 is 2.67 bits per heavy atom. The van der Waals surface area contributed by atoms with Crippen LogP contribution in [0, 0.1) is 12.3 Å². The molecule has 0 saturated carbocycles. The monoisotopic (exact) mass is 227 g/mol. The molecule has 4 heteroatoms. The van der Waals surface area contributed by atoms with Gasteiger partial charge in [0.05, 0.1) is 7.11 Å². The predicted octanol–water partition coefficient (Wildman–Crippen LogP) is 1.59. The second kappa shape index (κ2) is 6.99. The van der Waals surface area contributed by atoms with Gasteiger partial charge < -0.3 is 15.2 Å². The maximum absolute atomic E-state index is 5.49. The molecule has 0 aliphatic heterocycles. The van der Waals surface area contributed by atoms with Gasteiger partial charge in [0, 0.05) is 6.54 Å². The van der Waals surface area contributed by atoms with Crippen molar-refractivity contribution < 1.29 is 9.47 Å². The van der Waals surface area contributed by atoms with Crippen molar-refractivity contribution in [1.29, 1.82) is 0 Å². The average Bonchev–Trinajstić information content (AvgIpc) is 2.26. The normalized spacial score (nSPS) is 8.60. The molecule has 1 aromatic rings. The summed E-state index contributed by atoms with van der Waals surface area (Å²) in [6.45, 7) is 0.712. The minimum absolute atomic E-state index is 0. The van der Waals surface area contributed by atoms with E-state index in [1.165, 1.54) is 0 Å². The second-order valence-electron chi connectivity index (χ2n) is 2.68. The first-order chi connectivity index (χ1) is 6.81. The molecule has 0 bridgehead atoms. The third kappa shape index (κ3) is 3.70. The Labute approximate surface area is 96.0 Å². The quantitative estimate of drug-likeness (QED) is 0.795. The molecule has 0 unspecified atom stereocenters. The van der Waals surface area contributed by atoms with Crippen molar-refractivity contribution in [1.82, 2.24) is 0 Å². The summed E-state index contributed by atoms with van der Waals surface area (Å²) >= 11 is 0. The van der Waals surface area contributed by atoms with Crippen molar-refractivity contribution >= 4 is 12.4 Å². The van der Waals surface area contributed by atoms with Crippen LogP contribution >= 0.6 is 12.4 Å². The summed E-state index contributed by atoms with van der Waals surface area (Å²) in [5.41, 5.74) is 6.49. The van der Waals surface area contributed by atoms with Gasteiger partial charge >= 0.3 is 0 Å². The number of hydrogen-bond acceptors (Lipinski definition) is 3. The third-order valence-corrected chi connectivity index (χ3v) is 1.77. The molecule has 0 aromatic heterocycles. The zero-order chi connectivity index (χ0) is 10.4. The molecule has 1 aromatic carbocycles. The Hall–Kier alpha value is -1.37. The van der Waals surface area contributed by atoms with E-state index in [1.54, 1.807) is 13.2 Å². The van der Waals surface area contributed by atoms with E-state index in [1.807, 2.05) is 12.1 Å². The Bertz CT molecular complexity index is 347. The molecule has 2 N–H and O–H groups in total. The lowest BCUT2D eigenvalue weighted by molar-refractivity contribution is 0.330. The van der Waals surface area contributed by atoms with Gasteiger partial charge in [0.2, 0.25) is 0 Å². The fourth-order valence-corrected chi connectivity index (χ4v) is 1.08. The van der Waals surface area contributed by atoms with Gasteiger partial charge in [0.25, 0.3) is 0 Å². The van der Waals surface area contributed by atoms with Crippen molar-refractivity contribution in [2.45, 2.75) is 6.54 Å². The topological polar surface area (TPSA) is 44.5 Å². The van der Waals surface area contributed by atoms with E-state index < -0.39 is 0 Å².